The number of rotatable bonds is 8. The van der Waals surface area contributed by atoms with Gasteiger partial charge in [0.25, 0.3) is 0 Å². The van der Waals surface area contributed by atoms with Gasteiger partial charge >= 0.3 is 27.3 Å². The Morgan fingerprint density at radius 1 is 0.818 bits per heavy atom. The Morgan fingerprint density at radius 2 is 1.05 bits per heavy atom. The van der Waals surface area contributed by atoms with E-state index in [4.69, 9.17) is 19.2 Å². The van der Waals surface area contributed by atoms with Crippen molar-refractivity contribution in [3.63, 3.8) is 0 Å². The quantitative estimate of drug-likeness (QED) is 0.305. The Balaban J connectivity index is -0.000000111. The maximum atomic E-state index is 8.88. The van der Waals surface area contributed by atoms with Crippen LogP contribution < -0.4 is 0 Å². The van der Waals surface area contributed by atoms with E-state index < -0.39 is 7.82 Å². The van der Waals surface area contributed by atoms with Crippen LogP contribution in [-0.4, -0.2) is 14.7 Å². The van der Waals surface area contributed by atoms with Crippen LogP contribution in [0.25, 0.3) is 0 Å². The first-order valence-electron chi connectivity index (χ1n) is 8.06. The zero-order valence-corrected chi connectivity index (χ0v) is 19.0. The summed E-state index contributed by atoms with van der Waals surface area (Å²) in [7, 11) is -4.64. The average molecular weight is 390 g/mol. The fourth-order valence-electron chi connectivity index (χ4n) is 1.39. The average Bonchev–Trinajstić information content (AvgIpc) is 2.40. The number of hydrogen-bond acceptors (Lipinski definition) is 1. The van der Waals surface area contributed by atoms with Crippen molar-refractivity contribution in [1.29, 1.82) is 0 Å². The van der Waals surface area contributed by atoms with Crippen molar-refractivity contribution in [3.8, 4) is 0 Å². The molecule has 0 radical (unpaired) electrons. The normalized spacial score (nSPS) is 12.8. The van der Waals surface area contributed by atoms with E-state index >= 15 is 0 Å². The van der Waals surface area contributed by atoms with Crippen LogP contribution in [0.5, 0.6) is 0 Å². The molecular weight excluding hydrogens is 353 g/mol. The minimum absolute atomic E-state index is 0. The molecular formula is C16H37O4PZn. The SMILES string of the molecule is O=P(O)(O)O.[CH2-]C(CC)CCCC.[CH2-]C(CC)CCCC.[Zn+2]. The number of unbranched alkanes of at least 4 members (excludes halogenated alkanes) is 2. The summed E-state index contributed by atoms with van der Waals surface area (Å²) in [5.41, 5.74) is 0. The molecule has 0 aromatic heterocycles. The molecule has 0 aliphatic carbocycles. The van der Waals surface area contributed by atoms with Crippen LogP contribution in [0.15, 0.2) is 0 Å². The molecule has 0 amide bonds. The molecule has 0 heterocycles. The van der Waals surface area contributed by atoms with E-state index in [1.165, 1.54) is 51.4 Å². The fourth-order valence-corrected chi connectivity index (χ4v) is 1.39. The van der Waals surface area contributed by atoms with Crippen molar-refractivity contribution < 1.29 is 38.7 Å². The van der Waals surface area contributed by atoms with Gasteiger partial charge in [-0.2, -0.15) is 11.8 Å². The Labute approximate surface area is 151 Å². The summed E-state index contributed by atoms with van der Waals surface area (Å²) in [6.45, 7) is 16.8. The molecule has 0 aliphatic rings. The third-order valence-corrected chi connectivity index (χ3v) is 3.09. The van der Waals surface area contributed by atoms with E-state index in [0.717, 1.165) is 0 Å². The van der Waals surface area contributed by atoms with Gasteiger partial charge in [-0.1, -0.05) is 79.1 Å². The third kappa shape index (κ3) is 49.8. The van der Waals surface area contributed by atoms with Gasteiger partial charge in [0.2, 0.25) is 0 Å². The molecule has 4 nitrogen and oxygen atoms in total. The molecule has 2 unspecified atom stereocenters. The van der Waals surface area contributed by atoms with Gasteiger partial charge in [-0.05, 0) is 0 Å². The van der Waals surface area contributed by atoms with Gasteiger partial charge in [0.15, 0.2) is 0 Å². The molecule has 0 spiro atoms. The summed E-state index contributed by atoms with van der Waals surface area (Å²) in [6.07, 6.45) is 10.4. The molecule has 0 aromatic rings. The van der Waals surface area contributed by atoms with Gasteiger partial charge in [0, 0.05) is 0 Å². The fraction of sp³-hybridized carbons (Fsp3) is 0.875. The molecule has 0 saturated heterocycles. The molecule has 3 N–H and O–H groups in total. The third-order valence-electron chi connectivity index (χ3n) is 3.09. The van der Waals surface area contributed by atoms with Crippen LogP contribution in [0.4, 0.5) is 0 Å². The second-order valence-electron chi connectivity index (χ2n) is 5.35. The maximum absolute atomic E-state index is 8.88. The Bertz CT molecular complexity index is 212. The second kappa shape index (κ2) is 21.7. The monoisotopic (exact) mass is 388 g/mol. The zero-order chi connectivity index (χ0) is 17.3. The standard InChI is InChI=1S/2C8H17.H3O4P.Zn/c2*1-4-6-7-8(3)5-2;1-5(2,3)4;/h2*8H,3-7H2,1-2H3;(H3,1,2,3,4);/q2*-1;;+2. The molecule has 0 saturated carbocycles. The van der Waals surface area contributed by atoms with Crippen molar-refractivity contribution in [2.24, 2.45) is 11.8 Å². The van der Waals surface area contributed by atoms with Crippen LogP contribution in [0.1, 0.15) is 79.1 Å². The molecule has 0 rings (SSSR count). The molecule has 0 bridgehead atoms. The first kappa shape index (κ1) is 30.6. The molecule has 0 aromatic carbocycles. The Morgan fingerprint density at radius 3 is 1.18 bits per heavy atom. The van der Waals surface area contributed by atoms with E-state index in [9.17, 15) is 0 Å². The summed E-state index contributed by atoms with van der Waals surface area (Å²) in [5, 5.41) is 0. The van der Waals surface area contributed by atoms with Crippen molar-refractivity contribution in [1.82, 2.24) is 0 Å². The van der Waals surface area contributed by atoms with Crippen molar-refractivity contribution >= 4 is 7.82 Å². The molecule has 0 fully saturated rings. The van der Waals surface area contributed by atoms with E-state index in [2.05, 4.69) is 41.5 Å². The minimum Gasteiger partial charge on any atom is -0.340 e. The molecule has 132 valence electrons. The van der Waals surface area contributed by atoms with E-state index in [0.29, 0.717) is 11.8 Å². The van der Waals surface area contributed by atoms with E-state index in [1.807, 2.05) is 0 Å². The van der Waals surface area contributed by atoms with Crippen molar-refractivity contribution in [3.05, 3.63) is 13.8 Å². The van der Waals surface area contributed by atoms with Crippen LogP contribution in [0.3, 0.4) is 0 Å². The summed E-state index contributed by atoms with van der Waals surface area (Å²) >= 11 is 0. The Hall–Kier alpha value is 0.733. The van der Waals surface area contributed by atoms with Crippen molar-refractivity contribution in [2.45, 2.75) is 79.1 Å². The summed E-state index contributed by atoms with van der Waals surface area (Å²) < 4.78 is 8.88. The van der Waals surface area contributed by atoms with E-state index in [1.54, 1.807) is 0 Å². The van der Waals surface area contributed by atoms with Gasteiger partial charge in [-0.25, -0.2) is 4.57 Å². The van der Waals surface area contributed by atoms with Crippen LogP contribution in [0.2, 0.25) is 0 Å². The Kier molecular flexibility index (Phi) is 30.2. The predicted octanol–water partition coefficient (Wildman–Crippen LogP) is 5.14. The molecule has 0 aliphatic heterocycles. The van der Waals surface area contributed by atoms with Crippen LogP contribution in [-0.2, 0) is 24.0 Å². The first-order valence-corrected chi connectivity index (χ1v) is 9.63. The van der Waals surface area contributed by atoms with Crippen molar-refractivity contribution in [2.75, 3.05) is 0 Å². The van der Waals surface area contributed by atoms with Crippen LogP contribution >= 0.6 is 7.82 Å². The van der Waals surface area contributed by atoms with Gasteiger partial charge in [-0.15, -0.1) is 0 Å². The van der Waals surface area contributed by atoms with Gasteiger partial charge in [0.1, 0.15) is 0 Å². The zero-order valence-electron chi connectivity index (χ0n) is 15.1. The molecule has 6 heteroatoms. The van der Waals surface area contributed by atoms with E-state index in [-0.39, 0.29) is 19.5 Å². The number of hydrogen-bond donors (Lipinski definition) is 3. The second-order valence-corrected chi connectivity index (χ2v) is 6.37. The van der Waals surface area contributed by atoms with Gasteiger partial charge in [0.05, 0.1) is 0 Å². The first-order chi connectivity index (χ1) is 9.62. The summed E-state index contributed by atoms with van der Waals surface area (Å²) in [6, 6.07) is 0. The molecule has 2 atom stereocenters. The smallest absolute Gasteiger partial charge is 0.340 e. The largest absolute Gasteiger partial charge is 2.00 e. The number of phosphoric acid groups is 1. The maximum Gasteiger partial charge on any atom is 2.00 e. The predicted molar refractivity (Wildman–Crippen MR) is 91.6 cm³/mol. The summed E-state index contributed by atoms with van der Waals surface area (Å²) in [4.78, 5) is 21.6. The summed E-state index contributed by atoms with van der Waals surface area (Å²) in [5.74, 6) is 1.41. The minimum atomic E-state index is -4.64. The van der Waals surface area contributed by atoms with Gasteiger partial charge in [-0.3, -0.25) is 0 Å². The molecule has 22 heavy (non-hydrogen) atoms. The van der Waals surface area contributed by atoms with Gasteiger partial charge < -0.3 is 28.5 Å². The van der Waals surface area contributed by atoms with Crippen LogP contribution in [0, 0.1) is 25.7 Å². The topological polar surface area (TPSA) is 77.8 Å².